The number of methoxy groups -OCH3 is 2. The Hall–Kier alpha value is -4.31. The Bertz CT molecular complexity index is 1450. The van der Waals surface area contributed by atoms with E-state index in [1.165, 1.54) is 11.8 Å². The Kier molecular flexibility index (Phi) is 8.12. The number of H-pyrrole nitrogens is 1. The Morgan fingerprint density at radius 3 is 2.44 bits per heavy atom. The number of ether oxygens (including phenoxy) is 5. The molecule has 4 aromatic rings. The summed E-state index contributed by atoms with van der Waals surface area (Å²) in [6.45, 7) is 3.54. The molecule has 0 radical (unpaired) electrons. The van der Waals surface area contributed by atoms with Gasteiger partial charge in [-0.15, -0.1) is 0 Å². The highest BCUT2D eigenvalue weighted by Crippen LogP contribution is 2.38. The predicted octanol–water partition coefficient (Wildman–Crippen LogP) is 5.66. The smallest absolute Gasteiger partial charge is 0.234 e. The third-order valence-corrected chi connectivity index (χ3v) is 6.92. The number of anilines is 1. The average Bonchev–Trinajstić information content (AvgIpc) is 3.40. The topological polar surface area (TPSA) is 104 Å². The van der Waals surface area contributed by atoms with Crippen LogP contribution in [0.15, 0.2) is 65.7 Å². The highest BCUT2D eigenvalue weighted by atomic mass is 32.2. The van der Waals surface area contributed by atoms with Crippen LogP contribution in [0.3, 0.4) is 0 Å². The number of thioether (sulfide) groups is 1. The van der Waals surface area contributed by atoms with Gasteiger partial charge in [0.15, 0.2) is 23.0 Å². The second-order valence-corrected chi connectivity index (χ2v) is 9.45. The van der Waals surface area contributed by atoms with Crippen molar-refractivity contribution in [3.05, 3.63) is 60.7 Å². The number of aromatic nitrogens is 2. The molecule has 9 nitrogen and oxygen atoms in total. The number of hydrogen-bond donors (Lipinski definition) is 2. The molecule has 1 amide bonds. The standard InChI is InChI=1S/C29H29N3O6S/c1-4-36-21-9-5-18(6-10-21)28-31-27(19-7-11-22(34-2)24(15-19)35-3)29(32-28)39-17-26(33)30-20-8-12-23-25(16-20)38-14-13-37-23/h5-12,15-16H,4,13-14,17H2,1-3H3,(H,30,33)(H,31,32). The summed E-state index contributed by atoms with van der Waals surface area (Å²) >= 11 is 1.34. The van der Waals surface area contributed by atoms with Crippen LogP contribution in [-0.4, -0.2) is 55.7 Å². The SMILES string of the molecule is CCOc1ccc(-c2nc(SCC(=O)Nc3ccc4c(c3)OCCO4)c(-c3ccc(OC)c(OC)c3)[nH]2)cc1. The summed E-state index contributed by atoms with van der Waals surface area (Å²) in [6.07, 6.45) is 0. The lowest BCUT2D eigenvalue weighted by molar-refractivity contribution is -0.113. The number of carbonyl (C=O) groups is 1. The molecular formula is C29H29N3O6S. The van der Waals surface area contributed by atoms with E-state index in [1.54, 1.807) is 32.4 Å². The van der Waals surface area contributed by atoms with E-state index in [1.807, 2.05) is 49.4 Å². The van der Waals surface area contributed by atoms with Crippen molar-refractivity contribution in [3.8, 4) is 51.4 Å². The maximum absolute atomic E-state index is 12.9. The number of carbonyl (C=O) groups excluding carboxylic acids is 1. The van der Waals surface area contributed by atoms with Crippen LogP contribution < -0.4 is 29.0 Å². The minimum atomic E-state index is -0.166. The molecule has 3 aromatic carbocycles. The Labute approximate surface area is 230 Å². The third-order valence-electron chi connectivity index (χ3n) is 5.95. The minimum absolute atomic E-state index is 0.155. The molecule has 0 fully saturated rings. The predicted molar refractivity (Wildman–Crippen MR) is 151 cm³/mol. The van der Waals surface area contributed by atoms with Crippen LogP contribution in [-0.2, 0) is 4.79 Å². The largest absolute Gasteiger partial charge is 0.494 e. The molecule has 2 N–H and O–H groups in total. The molecule has 5 rings (SSSR count). The van der Waals surface area contributed by atoms with Gasteiger partial charge in [-0.05, 0) is 61.5 Å². The van der Waals surface area contributed by atoms with Crippen molar-refractivity contribution in [2.45, 2.75) is 11.9 Å². The van der Waals surface area contributed by atoms with Gasteiger partial charge in [-0.1, -0.05) is 11.8 Å². The minimum Gasteiger partial charge on any atom is -0.494 e. The molecule has 0 unspecified atom stereocenters. The van der Waals surface area contributed by atoms with Crippen molar-refractivity contribution in [3.63, 3.8) is 0 Å². The molecule has 202 valence electrons. The fourth-order valence-corrected chi connectivity index (χ4v) is 4.92. The van der Waals surface area contributed by atoms with Gasteiger partial charge in [-0.25, -0.2) is 4.98 Å². The van der Waals surface area contributed by atoms with E-state index in [0.717, 1.165) is 22.6 Å². The Morgan fingerprint density at radius 1 is 0.949 bits per heavy atom. The van der Waals surface area contributed by atoms with Gasteiger partial charge in [0.1, 0.15) is 29.8 Å². The number of hydrogen-bond acceptors (Lipinski definition) is 8. The average molecular weight is 548 g/mol. The highest BCUT2D eigenvalue weighted by Gasteiger charge is 2.18. The van der Waals surface area contributed by atoms with Gasteiger partial charge in [0.2, 0.25) is 5.91 Å². The van der Waals surface area contributed by atoms with Crippen molar-refractivity contribution < 1.29 is 28.5 Å². The zero-order valence-electron chi connectivity index (χ0n) is 21.9. The van der Waals surface area contributed by atoms with Gasteiger partial charge in [0, 0.05) is 22.9 Å². The molecule has 0 saturated carbocycles. The molecular weight excluding hydrogens is 518 g/mol. The molecule has 1 aliphatic heterocycles. The van der Waals surface area contributed by atoms with Crippen molar-refractivity contribution in [1.29, 1.82) is 0 Å². The summed E-state index contributed by atoms with van der Waals surface area (Å²) in [4.78, 5) is 21.1. The fraction of sp³-hybridized carbons (Fsp3) is 0.241. The van der Waals surface area contributed by atoms with Gasteiger partial charge >= 0.3 is 0 Å². The van der Waals surface area contributed by atoms with E-state index in [4.69, 9.17) is 28.7 Å². The summed E-state index contributed by atoms with van der Waals surface area (Å²) in [5.74, 6) is 3.97. The second kappa shape index (κ2) is 12.0. The maximum atomic E-state index is 12.9. The van der Waals surface area contributed by atoms with Gasteiger partial charge in [-0.3, -0.25) is 4.79 Å². The summed E-state index contributed by atoms with van der Waals surface area (Å²) in [7, 11) is 3.19. The zero-order chi connectivity index (χ0) is 27.2. The molecule has 2 heterocycles. The second-order valence-electron chi connectivity index (χ2n) is 8.49. The molecule has 1 aliphatic rings. The molecule has 0 bridgehead atoms. The van der Waals surface area contributed by atoms with E-state index in [2.05, 4.69) is 10.3 Å². The van der Waals surface area contributed by atoms with Gasteiger partial charge in [0.25, 0.3) is 0 Å². The van der Waals surface area contributed by atoms with Crippen LogP contribution in [0.2, 0.25) is 0 Å². The summed E-state index contributed by atoms with van der Waals surface area (Å²) in [6, 6.07) is 18.7. The third kappa shape index (κ3) is 6.06. The summed E-state index contributed by atoms with van der Waals surface area (Å²) in [5.41, 5.74) is 3.17. The number of fused-ring (bicyclic) bond motifs is 1. The lowest BCUT2D eigenvalue weighted by Gasteiger charge is -2.19. The van der Waals surface area contributed by atoms with Crippen LogP contribution in [0.5, 0.6) is 28.7 Å². The van der Waals surface area contributed by atoms with Crippen molar-refractivity contribution in [2.75, 3.05) is 45.1 Å². The van der Waals surface area contributed by atoms with E-state index in [-0.39, 0.29) is 11.7 Å². The number of amides is 1. The Balaban J connectivity index is 1.39. The Morgan fingerprint density at radius 2 is 1.69 bits per heavy atom. The van der Waals surface area contributed by atoms with Gasteiger partial charge in [0.05, 0.1) is 32.3 Å². The fourth-order valence-electron chi connectivity index (χ4n) is 4.11. The molecule has 10 heteroatoms. The molecule has 0 saturated heterocycles. The summed E-state index contributed by atoms with van der Waals surface area (Å²) in [5, 5.41) is 3.61. The molecule has 1 aromatic heterocycles. The highest BCUT2D eigenvalue weighted by molar-refractivity contribution is 8.00. The van der Waals surface area contributed by atoms with Crippen LogP contribution in [0.4, 0.5) is 5.69 Å². The maximum Gasteiger partial charge on any atom is 0.234 e. The van der Waals surface area contributed by atoms with Crippen LogP contribution in [0, 0.1) is 0 Å². The molecule has 0 aliphatic carbocycles. The van der Waals surface area contributed by atoms with Crippen molar-refractivity contribution >= 4 is 23.4 Å². The monoisotopic (exact) mass is 547 g/mol. The number of benzene rings is 3. The van der Waals surface area contributed by atoms with Gasteiger partial charge < -0.3 is 34.0 Å². The van der Waals surface area contributed by atoms with E-state index in [9.17, 15) is 4.79 Å². The normalized spacial score (nSPS) is 12.1. The quantitative estimate of drug-likeness (QED) is 0.245. The first kappa shape index (κ1) is 26.3. The number of aromatic amines is 1. The first-order chi connectivity index (χ1) is 19.1. The first-order valence-corrected chi connectivity index (χ1v) is 13.4. The van der Waals surface area contributed by atoms with E-state index >= 15 is 0 Å². The lowest BCUT2D eigenvalue weighted by atomic mass is 10.1. The van der Waals surface area contributed by atoms with Crippen molar-refractivity contribution in [2.24, 2.45) is 0 Å². The summed E-state index contributed by atoms with van der Waals surface area (Å²) < 4.78 is 27.6. The first-order valence-electron chi connectivity index (χ1n) is 12.5. The lowest BCUT2D eigenvalue weighted by Crippen LogP contribution is -2.17. The van der Waals surface area contributed by atoms with E-state index in [0.29, 0.717) is 59.4 Å². The van der Waals surface area contributed by atoms with Crippen molar-refractivity contribution in [1.82, 2.24) is 9.97 Å². The van der Waals surface area contributed by atoms with E-state index < -0.39 is 0 Å². The van der Waals surface area contributed by atoms with Crippen LogP contribution >= 0.6 is 11.8 Å². The van der Waals surface area contributed by atoms with Gasteiger partial charge in [-0.2, -0.15) is 0 Å². The zero-order valence-corrected chi connectivity index (χ0v) is 22.7. The molecule has 0 atom stereocenters. The van der Waals surface area contributed by atoms with Crippen LogP contribution in [0.25, 0.3) is 22.6 Å². The van der Waals surface area contributed by atoms with Crippen LogP contribution in [0.1, 0.15) is 6.92 Å². The number of imidazole rings is 1. The number of nitrogens with zero attached hydrogens (tertiary/aromatic N) is 1. The molecule has 0 spiro atoms. The number of nitrogens with one attached hydrogen (secondary N) is 2. The molecule has 39 heavy (non-hydrogen) atoms. The number of rotatable bonds is 10.